The van der Waals surface area contributed by atoms with Gasteiger partial charge in [0.1, 0.15) is 11.9 Å². The predicted octanol–water partition coefficient (Wildman–Crippen LogP) is 4.05. The van der Waals surface area contributed by atoms with Crippen molar-refractivity contribution in [3.63, 3.8) is 0 Å². The van der Waals surface area contributed by atoms with E-state index in [1.807, 2.05) is 60.7 Å². The van der Waals surface area contributed by atoms with Gasteiger partial charge < -0.3 is 14.4 Å². The van der Waals surface area contributed by atoms with E-state index in [4.69, 9.17) is 9.47 Å². The zero-order valence-electron chi connectivity index (χ0n) is 15.8. The number of hydrogen-bond donors (Lipinski definition) is 0. The average molecular weight is 404 g/mol. The fourth-order valence-corrected chi connectivity index (χ4v) is 4.57. The molecule has 2 aromatic carbocycles. The molecule has 0 saturated carbocycles. The first kappa shape index (κ1) is 18.2. The number of benzene rings is 2. The lowest BCUT2D eigenvalue weighted by molar-refractivity contribution is -0.113. The van der Waals surface area contributed by atoms with Crippen molar-refractivity contribution >= 4 is 28.9 Å². The number of hydrogen-bond acceptors (Lipinski definition) is 5. The van der Waals surface area contributed by atoms with Gasteiger partial charge >= 0.3 is 0 Å². The highest BCUT2D eigenvalue weighted by molar-refractivity contribution is 8.18. The van der Waals surface area contributed by atoms with Gasteiger partial charge in [-0.2, -0.15) is 4.99 Å². The minimum atomic E-state index is -0.264. The molecule has 146 valence electrons. The molecule has 3 aliphatic heterocycles. The normalized spacial score (nSPS) is 22.8. The summed E-state index contributed by atoms with van der Waals surface area (Å²) < 4.78 is 11.7. The fraction of sp³-hybridized carbons (Fsp3) is 0.217. The molecule has 0 N–H and O–H groups in total. The number of carbonyl (C=O) groups is 1. The number of thioether (sulfide) groups is 1. The van der Waals surface area contributed by atoms with E-state index in [1.54, 1.807) is 0 Å². The highest BCUT2D eigenvalue weighted by Crippen LogP contribution is 2.40. The zero-order valence-corrected chi connectivity index (χ0v) is 16.6. The Morgan fingerprint density at radius 2 is 1.79 bits per heavy atom. The zero-order chi connectivity index (χ0) is 19.6. The Morgan fingerprint density at radius 1 is 1.03 bits per heavy atom. The number of fused-ring (bicyclic) bond motifs is 1. The van der Waals surface area contributed by atoms with Gasteiger partial charge in [-0.25, -0.2) is 0 Å². The van der Waals surface area contributed by atoms with E-state index in [-0.39, 0.29) is 12.0 Å². The number of amides is 1. The van der Waals surface area contributed by atoms with Crippen LogP contribution in [-0.2, 0) is 9.53 Å². The standard InChI is InChI=1S/C23H20N2O3S/c26-22-20(29-23(24-22)25-10-12-27-13-11-25)15-18-14-17-8-4-5-9-19(17)28-21(18)16-6-2-1-3-7-16/h1-9,14-15,21H,10-13H2. The number of morpholine rings is 1. The predicted molar refractivity (Wildman–Crippen MR) is 115 cm³/mol. The van der Waals surface area contributed by atoms with Crippen molar-refractivity contribution < 1.29 is 14.3 Å². The molecular formula is C23H20N2O3S. The van der Waals surface area contributed by atoms with Gasteiger partial charge in [0.15, 0.2) is 5.17 Å². The van der Waals surface area contributed by atoms with Crippen LogP contribution in [0.4, 0.5) is 0 Å². The second kappa shape index (κ2) is 7.89. The van der Waals surface area contributed by atoms with E-state index in [9.17, 15) is 4.79 Å². The molecular weight excluding hydrogens is 384 g/mol. The third kappa shape index (κ3) is 3.73. The van der Waals surface area contributed by atoms with Crippen LogP contribution < -0.4 is 4.74 Å². The smallest absolute Gasteiger partial charge is 0.286 e. The van der Waals surface area contributed by atoms with E-state index >= 15 is 0 Å². The summed E-state index contributed by atoms with van der Waals surface area (Å²) in [4.78, 5) is 19.6. The molecule has 0 bridgehead atoms. The molecule has 1 fully saturated rings. The maximum Gasteiger partial charge on any atom is 0.286 e. The molecule has 2 aromatic rings. The topological polar surface area (TPSA) is 51.1 Å². The minimum absolute atomic E-state index is 0.192. The van der Waals surface area contributed by atoms with E-state index in [1.165, 1.54) is 11.8 Å². The van der Waals surface area contributed by atoms with E-state index in [0.29, 0.717) is 18.1 Å². The average Bonchev–Trinajstić information content (AvgIpc) is 3.15. The SMILES string of the molecule is O=C1N=C(N2CCOCC2)SC1=CC1=Cc2ccccc2OC1c1ccccc1. The largest absolute Gasteiger partial charge is 0.480 e. The second-order valence-corrected chi connectivity index (χ2v) is 8.01. The Balaban J connectivity index is 1.47. The van der Waals surface area contributed by atoms with Gasteiger partial charge in [-0.1, -0.05) is 48.5 Å². The fourth-order valence-electron chi connectivity index (χ4n) is 3.60. The van der Waals surface area contributed by atoms with Crippen molar-refractivity contribution in [1.82, 2.24) is 4.90 Å². The van der Waals surface area contributed by atoms with Crippen LogP contribution in [0.2, 0.25) is 0 Å². The molecule has 29 heavy (non-hydrogen) atoms. The Morgan fingerprint density at radius 3 is 2.62 bits per heavy atom. The Hall–Kier alpha value is -2.83. The summed E-state index contributed by atoms with van der Waals surface area (Å²) in [6.07, 6.45) is 3.76. The Bertz CT molecular complexity index is 1020. The first-order valence-electron chi connectivity index (χ1n) is 9.65. The Kier molecular flexibility index (Phi) is 4.96. The van der Waals surface area contributed by atoms with Crippen LogP contribution in [0, 0.1) is 0 Å². The summed E-state index contributed by atoms with van der Waals surface area (Å²) in [5.41, 5.74) is 3.01. The summed E-state index contributed by atoms with van der Waals surface area (Å²) in [6, 6.07) is 18.0. The first-order chi connectivity index (χ1) is 14.3. The first-order valence-corrected chi connectivity index (χ1v) is 10.5. The van der Waals surface area contributed by atoms with Gasteiger partial charge in [-0.3, -0.25) is 4.79 Å². The monoisotopic (exact) mass is 404 g/mol. The van der Waals surface area contributed by atoms with Gasteiger partial charge in [0.05, 0.1) is 18.1 Å². The molecule has 0 aliphatic carbocycles. The lowest BCUT2D eigenvalue weighted by Crippen LogP contribution is -2.38. The number of nitrogens with zero attached hydrogens (tertiary/aromatic N) is 2. The summed E-state index contributed by atoms with van der Waals surface area (Å²) in [7, 11) is 0. The Labute approximate surface area is 173 Å². The molecule has 1 amide bonds. The number of para-hydroxylation sites is 1. The highest BCUT2D eigenvalue weighted by atomic mass is 32.2. The third-order valence-corrected chi connectivity index (χ3v) is 6.12. The van der Waals surface area contributed by atoms with Gasteiger partial charge in [0, 0.05) is 18.7 Å². The molecule has 3 heterocycles. The van der Waals surface area contributed by atoms with Gasteiger partial charge in [-0.05, 0) is 41.1 Å². The number of ether oxygens (including phenoxy) is 2. The van der Waals surface area contributed by atoms with Crippen molar-refractivity contribution in [2.24, 2.45) is 4.99 Å². The van der Waals surface area contributed by atoms with Crippen LogP contribution in [0.25, 0.3) is 6.08 Å². The molecule has 1 unspecified atom stereocenters. The van der Waals surface area contributed by atoms with Crippen LogP contribution in [0.3, 0.4) is 0 Å². The summed E-state index contributed by atoms with van der Waals surface area (Å²) >= 11 is 1.43. The molecule has 0 spiro atoms. The molecule has 1 saturated heterocycles. The third-order valence-electron chi connectivity index (χ3n) is 5.08. The quantitative estimate of drug-likeness (QED) is 0.707. The summed E-state index contributed by atoms with van der Waals surface area (Å²) in [5, 5.41) is 0.763. The molecule has 0 radical (unpaired) electrons. The van der Waals surface area contributed by atoms with Crippen molar-refractivity contribution in [2.45, 2.75) is 6.10 Å². The number of aliphatic imine (C=N–C) groups is 1. The van der Waals surface area contributed by atoms with Gasteiger partial charge in [0.25, 0.3) is 5.91 Å². The van der Waals surface area contributed by atoms with E-state index in [0.717, 1.165) is 40.7 Å². The van der Waals surface area contributed by atoms with Crippen LogP contribution in [-0.4, -0.2) is 42.3 Å². The molecule has 5 nitrogen and oxygen atoms in total. The van der Waals surface area contributed by atoms with E-state index in [2.05, 4.69) is 16.0 Å². The minimum Gasteiger partial charge on any atom is -0.480 e. The number of rotatable bonds is 2. The van der Waals surface area contributed by atoms with Crippen molar-refractivity contribution in [3.05, 3.63) is 82.3 Å². The number of amidine groups is 1. The van der Waals surface area contributed by atoms with Crippen molar-refractivity contribution in [1.29, 1.82) is 0 Å². The van der Waals surface area contributed by atoms with Gasteiger partial charge in [-0.15, -0.1) is 0 Å². The maximum absolute atomic E-state index is 12.6. The van der Waals surface area contributed by atoms with Crippen LogP contribution in [0.1, 0.15) is 17.2 Å². The lowest BCUT2D eigenvalue weighted by Gasteiger charge is -2.27. The summed E-state index contributed by atoms with van der Waals surface area (Å²) in [5.74, 6) is 0.655. The van der Waals surface area contributed by atoms with Crippen LogP contribution >= 0.6 is 11.8 Å². The lowest BCUT2D eigenvalue weighted by atomic mass is 9.95. The van der Waals surface area contributed by atoms with Crippen molar-refractivity contribution in [2.75, 3.05) is 26.3 Å². The number of carbonyl (C=O) groups excluding carboxylic acids is 1. The van der Waals surface area contributed by atoms with Crippen LogP contribution in [0.5, 0.6) is 5.75 Å². The van der Waals surface area contributed by atoms with Gasteiger partial charge in [0.2, 0.25) is 0 Å². The molecule has 3 aliphatic rings. The molecule has 1 atom stereocenters. The molecule has 5 rings (SSSR count). The molecule has 0 aromatic heterocycles. The van der Waals surface area contributed by atoms with Crippen molar-refractivity contribution in [3.8, 4) is 5.75 Å². The second-order valence-electron chi connectivity index (χ2n) is 7.00. The molecule has 6 heteroatoms. The van der Waals surface area contributed by atoms with Crippen LogP contribution in [0.15, 0.2) is 76.1 Å². The maximum atomic E-state index is 12.6. The summed E-state index contributed by atoms with van der Waals surface area (Å²) in [6.45, 7) is 2.85. The van der Waals surface area contributed by atoms with E-state index < -0.39 is 0 Å². The highest BCUT2D eigenvalue weighted by Gasteiger charge is 2.30.